The van der Waals surface area contributed by atoms with Gasteiger partial charge in [-0.2, -0.15) is 0 Å². The van der Waals surface area contributed by atoms with Gasteiger partial charge < -0.3 is 15.4 Å². The highest BCUT2D eigenvalue weighted by Crippen LogP contribution is 2.29. The van der Waals surface area contributed by atoms with Gasteiger partial charge in [-0.3, -0.25) is 14.5 Å². The summed E-state index contributed by atoms with van der Waals surface area (Å²) in [7, 11) is 1.49. The Labute approximate surface area is 150 Å². The van der Waals surface area contributed by atoms with E-state index in [2.05, 4.69) is 10.6 Å². The van der Waals surface area contributed by atoms with Gasteiger partial charge in [0.05, 0.1) is 12.8 Å². The molecule has 0 spiro atoms. The molecule has 2 aromatic rings. The van der Waals surface area contributed by atoms with Crippen LogP contribution in [0.4, 0.5) is 10.5 Å². The van der Waals surface area contributed by atoms with E-state index in [-0.39, 0.29) is 6.54 Å². The number of nitrogens with zero attached hydrogens (tertiary/aromatic N) is 1. The number of ether oxygens (including phenoxy) is 1. The number of rotatable bonds is 5. The Morgan fingerprint density at radius 3 is 2.46 bits per heavy atom. The molecule has 0 bridgehead atoms. The van der Waals surface area contributed by atoms with Crippen molar-refractivity contribution in [2.45, 2.75) is 12.5 Å². The van der Waals surface area contributed by atoms with Gasteiger partial charge in [-0.25, -0.2) is 4.79 Å². The summed E-state index contributed by atoms with van der Waals surface area (Å²) in [4.78, 5) is 38.3. The van der Waals surface area contributed by atoms with E-state index in [4.69, 9.17) is 4.74 Å². The lowest BCUT2D eigenvalue weighted by Gasteiger charge is -2.22. The fraction of sp³-hybridized carbons (Fsp3) is 0.211. The van der Waals surface area contributed by atoms with Crippen LogP contribution in [0.1, 0.15) is 12.5 Å². The maximum absolute atomic E-state index is 12.8. The lowest BCUT2D eigenvalue weighted by atomic mass is 9.92. The number of urea groups is 1. The first-order chi connectivity index (χ1) is 12.5. The fourth-order valence-corrected chi connectivity index (χ4v) is 2.89. The maximum atomic E-state index is 12.8. The number of hydrogen-bond donors (Lipinski definition) is 2. The number of nitrogens with one attached hydrogen (secondary N) is 2. The third-order valence-corrected chi connectivity index (χ3v) is 4.31. The molecule has 2 N–H and O–H groups in total. The van der Waals surface area contributed by atoms with E-state index in [9.17, 15) is 14.4 Å². The van der Waals surface area contributed by atoms with Gasteiger partial charge in [-0.15, -0.1) is 0 Å². The van der Waals surface area contributed by atoms with E-state index in [1.807, 2.05) is 6.07 Å². The SMILES string of the molecule is COc1ccccc1NC(=O)CN1C(=O)NC(C)(c2ccccc2)C1=O. The molecule has 1 heterocycles. The Bertz CT molecular complexity index is 853. The van der Waals surface area contributed by atoms with Crippen LogP contribution in [-0.2, 0) is 15.1 Å². The summed E-state index contributed by atoms with van der Waals surface area (Å²) in [5.41, 5.74) is -0.0628. The second-order valence-corrected chi connectivity index (χ2v) is 6.06. The quantitative estimate of drug-likeness (QED) is 0.806. The normalized spacial score (nSPS) is 19.2. The topological polar surface area (TPSA) is 87.7 Å². The Morgan fingerprint density at radius 1 is 1.12 bits per heavy atom. The molecule has 0 aromatic heterocycles. The average molecular weight is 353 g/mol. The Hall–Kier alpha value is -3.35. The van der Waals surface area contributed by atoms with Gasteiger partial charge in [0.15, 0.2) is 0 Å². The van der Waals surface area contributed by atoms with Crippen LogP contribution in [-0.4, -0.2) is 36.4 Å². The third-order valence-electron chi connectivity index (χ3n) is 4.31. The standard InChI is InChI=1S/C19H19N3O4/c1-19(13-8-4-3-5-9-13)17(24)22(18(25)21-19)12-16(23)20-14-10-6-7-11-15(14)26-2/h3-11H,12H2,1-2H3,(H,20,23)(H,21,25). The second-order valence-electron chi connectivity index (χ2n) is 6.06. The van der Waals surface area contributed by atoms with E-state index < -0.39 is 23.4 Å². The van der Waals surface area contributed by atoms with E-state index >= 15 is 0 Å². The zero-order valence-corrected chi connectivity index (χ0v) is 14.5. The lowest BCUT2D eigenvalue weighted by Crippen LogP contribution is -2.42. The van der Waals surface area contributed by atoms with Gasteiger partial charge >= 0.3 is 6.03 Å². The van der Waals surface area contributed by atoms with Gasteiger partial charge in [0.2, 0.25) is 5.91 Å². The number of imide groups is 1. The second kappa shape index (κ2) is 6.87. The molecule has 0 saturated carbocycles. The van der Waals surface area contributed by atoms with Crippen molar-refractivity contribution >= 4 is 23.5 Å². The van der Waals surface area contributed by atoms with Crippen molar-refractivity contribution in [3.63, 3.8) is 0 Å². The zero-order chi connectivity index (χ0) is 18.7. The number of para-hydroxylation sites is 2. The first kappa shape index (κ1) is 17.5. The fourth-order valence-electron chi connectivity index (χ4n) is 2.89. The van der Waals surface area contributed by atoms with Gasteiger partial charge in [-0.1, -0.05) is 42.5 Å². The monoisotopic (exact) mass is 353 g/mol. The summed E-state index contributed by atoms with van der Waals surface area (Å²) in [6, 6.07) is 15.2. The van der Waals surface area contributed by atoms with Crippen molar-refractivity contribution in [2.75, 3.05) is 19.0 Å². The third kappa shape index (κ3) is 3.11. The highest BCUT2D eigenvalue weighted by atomic mass is 16.5. The minimum absolute atomic E-state index is 0.384. The highest BCUT2D eigenvalue weighted by Gasteiger charge is 2.49. The Morgan fingerprint density at radius 2 is 1.77 bits per heavy atom. The van der Waals surface area contributed by atoms with E-state index in [1.54, 1.807) is 55.5 Å². The molecular formula is C19H19N3O4. The summed E-state index contributed by atoms with van der Waals surface area (Å²) in [5.74, 6) is -0.466. The molecule has 2 aromatic carbocycles. The van der Waals surface area contributed by atoms with Gasteiger partial charge in [0.25, 0.3) is 5.91 Å². The predicted octanol–water partition coefficient (Wildman–Crippen LogP) is 2.10. The van der Waals surface area contributed by atoms with Crippen molar-refractivity contribution in [1.29, 1.82) is 0 Å². The van der Waals surface area contributed by atoms with Crippen LogP contribution in [0.2, 0.25) is 0 Å². The molecule has 7 nitrogen and oxygen atoms in total. The van der Waals surface area contributed by atoms with Crippen molar-refractivity contribution in [1.82, 2.24) is 10.2 Å². The van der Waals surface area contributed by atoms with Crippen molar-refractivity contribution in [3.8, 4) is 5.75 Å². The molecule has 1 aliphatic heterocycles. The maximum Gasteiger partial charge on any atom is 0.325 e. The Kier molecular flexibility index (Phi) is 4.62. The molecule has 1 atom stereocenters. The van der Waals surface area contributed by atoms with E-state index in [1.165, 1.54) is 7.11 Å². The molecule has 1 fully saturated rings. The number of methoxy groups -OCH3 is 1. The highest BCUT2D eigenvalue weighted by molar-refractivity contribution is 6.10. The van der Waals surface area contributed by atoms with Crippen LogP contribution in [0.5, 0.6) is 5.75 Å². The molecule has 3 rings (SSSR count). The minimum Gasteiger partial charge on any atom is -0.495 e. The number of anilines is 1. The summed E-state index contributed by atoms with van der Waals surface area (Å²) in [5, 5.41) is 5.33. The summed E-state index contributed by atoms with van der Waals surface area (Å²) < 4.78 is 5.17. The van der Waals surface area contributed by atoms with Crippen LogP contribution in [0.3, 0.4) is 0 Å². The van der Waals surface area contributed by atoms with Crippen LogP contribution in [0.25, 0.3) is 0 Å². The molecule has 26 heavy (non-hydrogen) atoms. The van der Waals surface area contributed by atoms with Gasteiger partial charge in [0.1, 0.15) is 17.8 Å². The van der Waals surface area contributed by atoms with E-state index in [0.717, 1.165) is 4.90 Å². The molecule has 4 amide bonds. The smallest absolute Gasteiger partial charge is 0.325 e. The number of amides is 4. The van der Waals surface area contributed by atoms with Crippen molar-refractivity contribution in [3.05, 3.63) is 60.2 Å². The molecule has 134 valence electrons. The zero-order valence-electron chi connectivity index (χ0n) is 14.5. The Balaban J connectivity index is 1.75. The summed E-state index contributed by atoms with van der Waals surface area (Å²) in [6.07, 6.45) is 0. The van der Waals surface area contributed by atoms with Crippen molar-refractivity contribution < 1.29 is 19.1 Å². The first-order valence-corrected chi connectivity index (χ1v) is 8.08. The largest absolute Gasteiger partial charge is 0.495 e. The summed E-state index contributed by atoms with van der Waals surface area (Å²) in [6.45, 7) is 1.24. The van der Waals surface area contributed by atoms with Crippen molar-refractivity contribution in [2.24, 2.45) is 0 Å². The molecular weight excluding hydrogens is 334 g/mol. The van der Waals surface area contributed by atoms with Gasteiger partial charge in [-0.05, 0) is 24.6 Å². The number of benzene rings is 2. The number of carbonyl (C=O) groups excluding carboxylic acids is 3. The minimum atomic E-state index is -1.19. The van der Waals surface area contributed by atoms with Gasteiger partial charge in [0, 0.05) is 0 Å². The van der Waals surface area contributed by atoms with E-state index in [0.29, 0.717) is 17.0 Å². The summed E-state index contributed by atoms with van der Waals surface area (Å²) >= 11 is 0. The van der Waals surface area contributed by atoms with Crippen LogP contribution < -0.4 is 15.4 Å². The predicted molar refractivity (Wildman–Crippen MR) is 95.7 cm³/mol. The van der Waals surface area contributed by atoms with Crippen LogP contribution in [0.15, 0.2) is 54.6 Å². The molecule has 1 aliphatic rings. The number of carbonyl (C=O) groups is 3. The lowest BCUT2D eigenvalue weighted by molar-refractivity contribution is -0.133. The molecule has 0 aliphatic carbocycles. The molecule has 1 saturated heterocycles. The average Bonchev–Trinajstić information content (AvgIpc) is 2.87. The van der Waals surface area contributed by atoms with Crippen LogP contribution >= 0.6 is 0 Å². The van der Waals surface area contributed by atoms with Crippen LogP contribution in [0, 0.1) is 0 Å². The molecule has 0 radical (unpaired) electrons. The molecule has 7 heteroatoms. The molecule has 1 unspecified atom stereocenters. The number of hydrogen-bond acceptors (Lipinski definition) is 4. The first-order valence-electron chi connectivity index (χ1n) is 8.08.